The highest BCUT2D eigenvalue weighted by molar-refractivity contribution is 7.17. The van der Waals surface area contributed by atoms with Crippen molar-refractivity contribution in [3.63, 3.8) is 0 Å². The summed E-state index contributed by atoms with van der Waals surface area (Å²) in [4.78, 5) is 17.2. The molecule has 6 nitrogen and oxygen atoms in total. The molecule has 24 heavy (non-hydrogen) atoms. The summed E-state index contributed by atoms with van der Waals surface area (Å²) in [5.41, 5.74) is 0.682. The maximum absolute atomic E-state index is 12.6. The number of nitrogens with zero attached hydrogens (tertiary/aromatic N) is 3. The Labute approximate surface area is 143 Å². The molecule has 124 valence electrons. The lowest BCUT2D eigenvalue weighted by Gasteiger charge is -2.19. The van der Waals surface area contributed by atoms with Crippen molar-refractivity contribution < 1.29 is 4.79 Å². The largest absolute Gasteiger partial charge is 0.317 e. The molecule has 1 aromatic carbocycles. The third-order valence-corrected chi connectivity index (χ3v) is 5.40. The molecule has 0 unspecified atom stereocenters. The fourth-order valence-electron chi connectivity index (χ4n) is 3.09. The molecule has 0 saturated carbocycles. The highest BCUT2D eigenvalue weighted by Gasteiger charge is 2.22. The van der Waals surface area contributed by atoms with Crippen LogP contribution >= 0.6 is 11.3 Å². The van der Waals surface area contributed by atoms with Crippen LogP contribution in [0.5, 0.6) is 0 Å². The molecule has 0 bridgehead atoms. The van der Waals surface area contributed by atoms with Gasteiger partial charge in [-0.25, -0.2) is 4.68 Å². The van der Waals surface area contributed by atoms with E-state index in [-0.39, 0.29) is 5.91 Å². The molecule has 1 fully saturated rings. The van der Waals surface area contributed by atoms with E-state index in [0.717, 1.165) is 41.8 Å². The zero-order valence-corrected chi connectivity index (χ0v) is 14.3. The van der Waals surface area contributed by atoms with Crippen LogP contribution in [-0.2, 0) is 7.05 Å². The van der Waals surface area contributed by atoms with E-state index in [9.17, 15) is 4.79 Å². The first-order chi connectivity index (χ1) is 11.7. The van der Waals surface area contributed by atoms with Gasteiger partial charge in [0.05, 0.1) is 5.56 Å². The van der Waals surface area contributed by atoms with Crippen LogP contribution in [0.4, 0.5) is 5.95 Å². The predicted octanol–water partition coefficient (Wildman–Crippen LogP) is 2.75. The molecule has 1 amide bonds. The van der Waals surface area contributed by atoms with E-state index >= 15 is 0 Å². The van der Waals surface area contributed by atoms with Gasteiger partial charge in [-0.15, -0.1) is 11.3 Å². The number of fused-ring (bicyclic) bond motifs is 1. The number of carbonyl (C=O) groups excluding carboxylic acids is 1. The molecule has 7 heteroatoms. The Hall–Kier alpha value is -2.25. The number of aryl methyl sites for hydroxylation is 1. The second-order valence-corrected chi connectivity index (χ2v) is 6.95. The van der Waals surface area contributed by atoms with Gasteiger partial charge in [0.25, 0.3) is 5.91 Å². The number of anilines is 1. The normalized spacial score (nSPS) is 15.7. The molecule has 3 aromatic rings. The molecule has 0 radical (unpaired) electrons. The van der Waals surface area contributed by atoms with Crippen molar-refractivity contribution in [2.45, 2.75) is 18.8 Å². The molecule has 0 aliphatic carbocycles. The molecule has 1 saturated heterocycles. The van der Waals surface area contributed by atoms with E-state index in [1.54, 1.807) is 16.0 Å². The summed E-state index contributed by atoms with van der Waals surface area (Å²) in [5, 5.41) is 13.6. The summed E-state index contributed by atoms with van der Waals surface area (Å²) >= 11 is 1.57. The number of nitrogens with one attached hydrogen (secondary N) is 2. The van der Waals surface area contributed by atoms with E-state index in [2.05, 4.69) is 20.7 Å². The molecule has 2 aromatic heterocycles. The number of aromatic nitrogens is 3. The Morgan fingerprint density at radius 3 is 2.96 bits per heavy atom. The summed E-state index contributed by atoms with van der Waals surface area (Å²) in [7, 11) is 1.82. The van der Waals surface area contributed by atoms with Crippen LogP contribution in [0, 0.1) is 0 Å². The molecule has 1 aliphatic heterocycles. The average molecular weight is 341 g/mol. The van der Waals surface area contributed by atoms with Gasteiger partial charge in [-0.1, -0.05) is 18.2 Å². The van der Waals surface area contributed by atoms with Crippen LogP contribution in [0.15, 0.2) is 29.6 Å². The second-order valence-electron chi connectivity index (χ2n) is 6.04. The standard InChI is InChI=1S/C17H19N5OS/c1-22-17(19-15(21-22)11-6-8-18-9-7-11)20-16(23)13-10-24-14-5-3-2-4-12(13)14/h2-5,10-11,18H,6-9H2,1H3,(H,19,20,21,23). The minimum absolute atomic E-state index is 0.139. The number of piperidine rings is 1. The van der Waals surface area contributed by atoms with E-state index < -0.39 is 0 Å². The number of thiophene rings is 1. The molecule has 3 heterocycles. The topological polar surface area (TPSA) is 71.8 Å². The number of rotatable bonds is 3. The first-order valence-electron chi connectivity index (χ1n) is 8.11. The summed E-state index contributed by atoms with van der Waals surface area (Å²) in [5.74, 6) is 1.55. The number of hydrogen-bond donors (Lipinski definition) is 2. The molecule has 0 atom stereocenters. The van der Waals surface area contributed by atoms with Crippen molar-refractivity contribution in [2.75, 3.05) is 18.4 Å². The Morgan fingerprint density at radius 2 is 2.12 bits per heavy atom. The van der Waals surface area contributed by atoms with E-state index in [0.29, 0.717) is 17.4 Å². The van der Waals surface area contributed by atoms with E-state index in [1.165, 1.54) is 0 Å². The Bertz CT molecular complexity index is 878. The lowest BCUT2D eigenvalue weighted by molar-refractivity contribution is 0.102. The average Bonchev–Trinajstić information content (AvgIpc) is 3.20. The van der Waals surface area contributed by atoms with Gasteiger partial charge in [-0.3, -0.25) is 10.1 Å². The highest BCUT2D eigenvalue weighted by atomic mass is 32.1. The van der Waals surface area contributed by atoms with Gasteiger partial charge in [0.2, 0.25) is 5.95 Å². The minimum Gasteiger partial charge on any atom is -0.317 e. The third-order valence-electron chi connectivity index (χ3n) is 4.43. The molecule has 2 N–H and O–H groups in total. The lowest BCUT2D eigenvalue weighted by atomic mass is 9.98. The second kappa shape index (κ2) is 6.33. The van der Waals surface area contributed by atoms with Gasteiger partial charge in [0, 0.05) is 28.4 Å². The van der Waals surface area contributed by atoms with E-state index in [1.807, 2.05) is 36.7 Å². The van der Waals surface area contributed by atoms with Gasteiger partial charge in [-0.2, -0.15) is 10.1 Å². The fourth-order valence-corrected chi connectivity index (χ4v) is 4.03. The number of carbonyl (C=O) groups is 1. The SMILES string of the molecule is Cn1nc(C2CCNCC2)nc1NC(=O)c1csc2ccccc12. The van der Waals surface area contributed by atoms with Crippen molar-refractivity contribution >= 4 is 33.3 Å². The Balaban J connectivity index is 1.56. The minimum atomic E-state index is -0.139. The van der Waals surface area contributed by atoms with Crippen molar-refractivity contribution in [1.29, 1.82) is 0 Å². The van der Waals surface area contributed by atoms with Crippen LogP contribution in [-0.4, -0.2) is 33.8 Å². The zero-order valence-electron chi connectivity index (χ0n) is 13.5. The quantitative estimate of drug-likeness (QED) is 0.768. The van der Waals surface area contributed by atoms with Crippen LogP contribution < -0.4 is 10.6 Å². The smallest absolute Gasteiger partial charge is 0.259 e. The van der Waals surface area contributed by atoms with Crippen LogP contribution in [0.3, 0.4) is 0 Å². The summed E-state index contributed by atoms with van der Waals surface area (Å²) in [6.45, 7) is 1.98. The molecule has 0 spiro atoms. The summed E-state index contributed by atoms with van der Waals surface area (Å²) in [6, 6.07) is 7.92. The molecule has 1 aliphatic rings. The van der Waals surface area contributed by atoms with Crippen molar-refractivity contribution in [2.24, 2.45) is 7.05 Å². The molecule has 4 rings (SSSR count). The first-order valence-corrected chi connectivity index (χ1v) is 8.99. The van der Waals surface area contributed by atoms with Crippen LogP contribution in [0.1, 0.15) is 34.9 Å². The number of amides is 1. The fraction of sp³-hybridized carbons (Fsp3) is 0.353. The molecular weight excluding hydrogens is 322 g/mol. The Morgan fingerprint density at radius 1 is 1.33 bits per heavy atom. The van der Waals surface area contributed by atoms with E-state index in [4.69, 9.17) is 0 Å². The van der Waals surface area contributed by atoms with Gasteiger partial charge < -0.3 is 5.32 Å². The maximum atomic E-state index is 12.6. The number of hydrogen-bond acceptors (Lipinski definition) is 5. The highest BCUT2D eigenvalue weighted by Crippen LogP contribution is 2.27. The summed E-state index contributed by atoms with van der Waals surface area (Å²) < 4.78 is 2.76. The van der Waals surface area contributed by atoms with Crippen molar-refractivity contribution in [3.8, 4) is 0 Å². The lowest BCUT2D eigenvalue weighted by Crippen LogP contribution is -2.27. The van der Waals surface area contributed by atoms with Crippen molar-refractivity contribution in [1.82, 2.24) is 20.1 Å². The third kappa shape index (κ3) is 2.81. The van der Waals surface area contributed by atoms with Gasteiger partial charge in [0.1, 0.15) is 0 Å². The van der Waals surface area contributed by atoms with Gasteiger partial charge in [0.15, 0.2) is 5.82 Å². The Kier molecular flexibility index (Phi) is 4.03. The van der Waals surface area contributed by atoms with Gasteiger partial charge >= 0.3 is 0 Å². The predicted molar refractivity (Wildman–Crippen MR) is 95.6 cm³/mol. The molecular formula is C17H19N5OS. The van der Waals surface area contributed by atoms with Crippen LogP contribution in [0.25, 0.3) is 10.1 Å². The van der Waals surface area contributed by atoms with Crippen molar-refractivity contribution in [3.05, 3.63) is 41.0 Å². The zero-order chi connectivity index (χ0) is 16.5. The summed E-state index contributed by atoms with van der Waals surface area (Å²) in [6.07, 6.45) is 2.07. The van der Waals surface area contributed by atoms with Crippen LogP contribution in [0.2, 0.25) is 0 Å². The maximum Gasteiger partial charge on any atom is 0.259 e. The first kappa shape index (κ1) is 15.3. The monoisotopic (exact) mass is 341 g/mol. The number of benzene rings is 1. The van der Waals surface area contributed by atoms with Gasteiger partial charge in [-0.05, 0) is 32.0 Å².